The Morgan fingerprint density at radius 1 is 1.12 bits per heavy atom. The van der Waals surface area contributed by atoms with E-state index in [0.717, 1.165) is 23.2 Å². The fourth-order valence-electron chi connectivity index (χ4n) is 4.53. The molecule has 0 aliphatic heterocycles. The fourth-order valence-corrected chi connectivity index (χ4v) is 4.66. The number of carbonyl (C=O) groups is 1. The maximum atomic E-state index is 12.4. The van der Waals surface area contributed by atoms with Crippen molar-refractivity contribution in [1.29, 1.82) is 0 Å². The van der Waals surface area contributed by atoms with Gasteiger partial charge in [0.1, 0.15) is 0 Å². The predicted molar refractivity (Wildman–Crippen MR) is 109 cm³/mol. The van der Waals surface area contributed by atoms with Gasteiger partial charge in [0.15, 0.2) is 0 Å². The van der Waals surface area contributed by atoms with Gasteiger partial charge in [-0.05, 0) is 43.9 Å². The Morgan fingerprint density at radius 3 is 2.23 bits per heavy atom. The van der Waals surface area contributed by atoms with Crippen LogP contribution in [0.5, 0.6) is 0 Å². The van der Waals surface area contributed by atoms with Crippen molar-refractivity contribution < 1.29 is 4.79 Å². The Morgan fingerprint density at radius 2 is 1.69 bits per heavy atom. The normalized spacial score (nSPS) is 16.3. The number of benzene rings is 1. The zero-order valence-corrected chi connectivity index (χ0v) is 16.6. The minimum Gasteiger partial charge on any atom is -0.366 e. The molecule has 1 aliphatic carbocycles. The number of hydrogen-bond donors (Lipinski definition) is 1. The van der Waals surface area contributed by atoms with E-state index < -0.39 is 0 Å². The van der Waals surface area contributed by atoms with Crippen LogP contribution in [0, 0.1) is 6.92 Å². The topological polar surface area (TPSA) is 48.0 Å². The van der Waals surface area contributed by atoms with Gasteiger partial charge in [-0.25, -0.2) is 0 Å². The Labute approximate surface area is 161 Å². The number of nitrogens with two attached hydrogens (primary N) is 1. The maximum Gasteiger partial charge on any atom is 0.251 e. The molecular formula is C22H29ClN2O. The van der Waals surface area contributed by atoms with Gasteiger partial charge in [0.2, 0.25) is 0 Å². The van der Waals surface area contributed by atoms with E-state index in [1.54, 1.807) is 0 Å². The van der Waals surface area contributed by atoms with E-state index >= 15 is 0 Å². The molecule has 3 rings (SSSR count). The van der Waals surface area contributed by atoms with Crippen LogP contribution in [0.3, 0.4) is 0 Å². The largest absolute Gasteiger partial charge is 0.366 e. The lowest BCUT2D eigenvalue weighted by Crippen LogP contribution is -2.17. The van der Waals surface area contributed by atoms with Crippen LogP contribution in [0.1, 0.15) is 79.7 Å². The Balaban J connectivity index is 2.17. The van der Waals surface area contributed by atoms with Gasteiger partial charge in [-0.3, -0.25) is 4.79 Å². The smallest absolute Gasteiger partial charge is 0.251 e. The second-order valence-corrected chi connectivity index (χ2v) is 7.81. The molecule has 0 spiro atoms. The van der Waals surface area contributed by atoms with Crippen LogP contribution in [-0.2, 0) is 6.42 Å². The highest BCUT2D eigenvalue weighted by molar-refractivity contribution is 6.30. The number of amides is 1. The Bertz CT molecular complexity index is 768. The summed E-state index contributed by atoms with van der Waals surface area (Å²) in [5, 5.41) is 0.698. The third-order valence-electron chi connectivity index (χ3n) is 5.71. The van der Waals surface area contributed by atoms with Crippen LogP contribution in [0.25, 0.3) is 11.1 Å². The molecule has 1 aromatic heterocycles. The molecule has 0 atom stereocenters. The van der Waals surface area contributed by atoms with E-state index in [4.69, 9.17) is 17.3 Å². The molecule has 2 aromatic rings. The minimum absolute atomic E-state index is 0.341. The third kappa shape index (κ3) is 3.68. The highest BCUT2D eigenvalue weighted by atomic mass is 35.5. The first-order valence-electron chi connectivity index (χ1n) is 9.84. The van der Waals surface area contributed by atoms with Gasteiger partial charge in [0, 0.05) is 28.0 Å². The van der Waals surface area contributed by atoms with E-state index in [2.05, 4.69) is 18.4 Å². The van der Waals surface area contributed by atoms with Crippen LogP contribution in [-0.4, -0.2) is 10.5 Å². The molecule has 1 heterocycles. The van der Waals surface area contributed by atoms with Gasteiger partial charge in [0.25, 0.3) is 5.91 Å². The summed E-state index contributed by atoms with van der Waals surface area (Å²) in [7, 11) is 0. The van der Waals surface area contributed by atoms with Crippen molar-refractivity contribution in [2.75, 3.05) is 0 Å². The van der Waals surface area contributed by atoms with E-state index in [0.29, 0.717) is 16.6 Å². The van der Waals surface area contributed by atoms with Gasteiger partial charge >= 0.3 is 0 Å². The standard InChI is InChI=1S/C22H29ClN2O/c1-3-19-21(16-11-13-17(23)14-12-16)20(22(24)26)15(2)25(19)18-9-7-5-4-6-8-10-18/h11-14,18H,3-10H2,1-2H3,(H2,24,26). The van der Waals surface area contributed by atoms with Gasteiger partial charge in [0.05, 0.1) is 5.56 Å². The number of rotatable bonds is 4. The Hall–Kier alpha value is -1.74. The lowest BCUT2D eigenvalue weighted by atomic mass is 9.96. The molecule has 140 valence electrons. The summed E-state index contributed by atoms with van der Waals surface area (Å²) in [6, 6.07) is 8.20. The van der Waals surface area contributed by atoms with Crippen LogP contribution in [0.2, 0.25) is 5.02 Å². The average molecular weight is 373 g/mol. The number of nitrogens with zero attached hydrogens (tertiary/aromatic N) is 1. The van der Waals surface area contributed by atoms with Crippen molar-refractivity contribution in [3.8, 4) is 11.1 Å². The van der Waals surface area contributed by atoms with Crippen molar-refractivity contribution in [1.82, 2.24) is 4.57 Å². The van der Waals surface area contributed by atoms with Crippen LogP contribution < -0.4 is 5.73 Å². The molecule has 0 bridgehead atoms. The molecule has 0 unspecified atom stereocenters. The zero-order valence-electron chi connectivity index (χ0n) is 15.9. The zero-order chi connectivity index (χ0) is 18.7. The molecule has 1 amide bonds. The number of halogens is 1. The summed E-state index contributed by atoms with van der Waals surface area (Å²) in [5.41, 5.74) is 10.8. The molecule has 1 saturated carbocycles. The van der Waals surface area contributed by atoms with Crippen molar-refractivity contribution in [2.24, 2.45) is 5.73 Å². The molecule has 2 N–H and O–H groups in total. The summed E-state index contributed by atoms with van der Waals surface area (Å²) >= 11 is 6.07. The summed E-state index contributed by atoms with van der Waals surface area (Å²) < 4.78 is 2.43. The molecule has 1 fully saturated rings. The number of carbonyl (C=O) groups excluding carboxylic acids is 1. The number of primary amides is 1. The number of hydrogen-bond acceptors (Lipinski definition) is 1. The molecule has 4 heteroatoms. The van der Waals surface area contributed by atoms with Crippen LogP contribution in [0.4, 0.5) is 0 Å². The van der Waals surface area contributed by atoms with Gasteiger partial charge in [-0.2, -0.15) is 0 Å². The fraction of sp³-hybridized carbons (Fsp3) is 0.500. The van der Waals surface area contributed by atoms with Crippen molar-refractivity contribution in [3.63, 3.8) is 0 Å². The lowest BCUT2D eigenvalue weighted by molar-refractivity contribution is 0.1000. The molecule has 1 aromatic carbocycles. The number of aromatic nitrogens is 1. The van der Waals surface area contributed by atoms with Crippen molar-refractivity contribution in [3.05, 3.63) is 46.2 Å². The molecule has 3 nitrogen and oxygen atoms in total. The third-order valence-corrected chi connectivity index (χ3v) is 5.96. The van der Waals surface area contributed by atoms with Crippen LogP contribution >= 0.6 is 11.6 Å². The predicted octanol–water partition coefficient (Wildman–Crippen LogP) is 6.06. The summed E-state index contributed by atoms with van der Waals surface area (Å²) in [6.07, 6.45) is 9.72. The van der Waals surface area contributed by atoms with Gasteiger partial charge in [-0.1, -0.05) is 62.8 Å². The molecule has 0 saturated heterocycles. The second-order valence-electron chi connectivity index (χ2n) is 7.38. The highest BCUT2D eigenvalue weighted by Crippen LogP contribution is 2.38. The molecule has 0 radical (unpaired) electrons. The quantitative estimate of drug-likeness (QED) is 0.696. The van der Waals surface area contributed by atoms with Crippen LogP contribution in [0.15, 0.2) is 24.3 Å². The van der Waals surface area contributed by atoms with E-state index in [-0.39, 0.29) is 5.91 Å². The first kappa shape index (κ1) is 19.0. The van der Waals surface area contributed by atoms with Crippen molar-refractivity contribution >= 4 is 17.5 Å². The summed E-state index contributed by atoms with van der Waals surface area (Å²) in [6.45, 7) is 4.22. The van der Waals surface area contributed by atoms with E-state index in [1.807, 2.05) is 24.3 Å². The summed E-state index contributed by atoms with van der Waals surface area (Å²) in [4.78, 5) is 12.4. The average Bonchev–Trinajstić information content (AvgIpc) is 2.88. The first-order chi connectivity index (χ1) is 12.5. The highest BCUT2D eigenvalue weighted by Gasteiger charge is 2.27. The lowest BCUT2D eigenvalue weighted by Gasteiger charge is -2.25. The molecular weight excluding hydrogens is 344 g/mol. The second kappa shape index (κ2) is 8.30. The van der Waals surface area contributed by atoms with E-state index in [9.17, 15) is 4.79 Å². The summed E-state index contributed by atoms with van der Waals surface area (Å²) in [5.74, 6) is -0.341. The first-order valence-corrected chi connectivity index (χ1v) is 10.2. The van der Waals surface area contributed by atoms with Crippen molar-refractivity contribution in [2.45, 2.75) is 71.3 Å². The minimum atomic E-state index is -0.341. The van der Waals surface area contributed by atoms with Gasteiger partial charge < -0.3 is 10.3 Å². The maximum absolute atomic E-state index is 12.4. The Kier molecular flexibility index (Phi) is 6.08. The SMILES string of the molecule is CCc1c(-c2ccc(Cl)cc2)c(C(N)=O)c(C)n1C1CCCCCCC1. The monoisotopic (exact) mass is 372 g/mol. The molecule has 1 aliphatic rings. The van der Waals surface area contributed by atoms with E-state index in [1.165, 1.54) is 50.6 Å². The molecule has 26 heavy (non-hydrogen) atoms. The van der Waals surface area contributed by atoms with Gasteiger partial charge in [-0.15, -0.1) is 0 Å².